The van der Waals surface area contributed by atoms with E-state index in [1.165, 1.54) is 4.90 Å². The van der Waals surface area contributed by atoms with Gasteiger partial charge in [0.25, 0.3) is 6.43 Å². The predicted octanol–water partition coefficient (Wildman–Crippen LogP) is 2.41. The zero-order valence-electron chi connectivity index (χ0n) is 12.3. The summed E-state index contributed by atoms with van der Waals surface area (Å²) < 4.78 is 35.6. The Morgan fingerprint density at radius 2 is 1.62 bits per heavy atom. The van der Waals surface area contributed by atoms with E-state index in [0.29, 0.717) is 25.5 Å². The van der Waals surface area contributed by atoms with Crippen LogP contribution in [0.3, 0.4) is 0 Å². The Kier molecular flexibility index (Phi) is 8.69. The molecule has 1 aromatic rings. The first-order valence-electron chi connectivity index (χ1n) is 7.12. The maximum atomic E-state index is 12.3. The fourth-order valence-electron chi connectivity index (χ4n) is 1.78. The highest BCUT2D eigenvalue weighted by Gasteiger charge is 2.11. The Morgan fingerprint density at radius 1 is 1.05 bits per heavy atom. The van der Waals surface area contributed by atoms with Gasteiger partial charge in [-0.05, 0) is 30.7 Å². The summed E-state index contributed by atoms with van der Waals surface area (Å²) in [5, 5.41) is 8.83. The molecule has 1 aromatic carbocycles. The van der Waals surface area contributed by atoms with Gasteiger partial charge in [-0.3, -0.25) is 4.90 Å². The van der Waals surface area contributed by atoms with Crippen molar-refractivity contribution in [1.29, 1.82) is 0 Å². The lowest BCUT2D eigenvalue weighted by atomic mass is 10.3. The van der Waals surface area contributed by atoms with Gasteiger partial charge in [-0.15, -0.1) is 0 Å². The predicted molar refractivity (Wildman–Crippen MR) is 77.3 cm³/mol. The molecular formula is C15H23F2NO3. The van der Waals surface area contributed by atoms with Gasteiger partial charge in [0, 0.05) is 13.1 Å². The molecule has 0 bridgehead atoms. The number of hydrogen-bond donors (Lipinski definition) is 1. The van der Waals surface area contributed by atoms with Gasteiger partial charge < -0.3 is 14.6 Å². The average molecular weight is 303 g/mol. The van der Waals surface area contributed by atoms with E-state index in [1.807, 2.05) is 19.1 Å². The summed E-state index contributed by atoms with van der Waals surface area (Å²) in [4.78, 5) is 1.48. The first-order valence-corrected chi connectivity index (χ1v) is 7.12. The van der Waals surface area contributed by atoms with Crippen molar-refractivity contribution in [2.75, 3.05) is 39.5 Å². The molecule has 0 amide bonds. The van der Waals surface area contributed by atoms with Crippen LogP contribution in [-0.4, -0.2) is 55.9 Å². The van der Waals surface area contributed by atoms with E-state index < -0.39 is 6.43 Å². The van der Waals surface area contributed by atoms with Gasteiger partial charge >= 0.3 is 0 Å². The molecule has 0 saturated carbocycles. The molecule has 21 heavy (non-hydrogen) atoms. The van der Waals surface area contributed by atoms with Crippen molar-refractivity contribution in [3.8, 4) is 11.5 Å². The van der Waals surface area contributed by atoms with E-state index >= 15 is 0 Å². The Bertz CT molecular complexity index is 374. The number of benzene rings is 1. The Hall–Kier alpha value is -1.40. The van der Waals surface area contributed by atoms with Crippen LogP contribution in [0.25, 0.3) is 0 Å². The lowest BCUT2D eigenvalue weighted by molar-refractivity contribution is 0.0709. The smallest absolute Gasteiger partial charge is 0.251 e. The van der Waals surface area contributed by atoms with Crippen LogP contribution >= 0.6 is 0 Å². The molecule has 0 atom stereocenters. The topological polar surface area (TPSA) is 41.9 Å². The highest BCUT2D eigenvalue weighted by molar-refractivity contribution is 5.31. The lowest BCUT2D eigenvalue weighted by Gasteiger charge is -2.20. The molecule has 0 unspecified atom stereocenters. The van der Waals surface area contributed by atoms with Crippen LogP contribution in [0.1, 0.15) is 13.3 Å². The molecule has 0 aliphatic rings. The number of alkyl halides is 2. The highest BCUT2D eigenvalue weighted by atomic mass is 19.3. The van der Waals surface area contributed by atoms with Gasteiger partial charge in [0.2, 0.25) is 0 Å². The Labute approximate surface area is 124 Å². The number of aliphatic hydroxyl groups is 1. The third-order valence-electron chi connectivity index (χ3n) is 2.79. The summed E-state index contributed by atoms with van der Waals surface area (Å²) in [7, 11) is 0. The molecule has 4 nitrogen and oxygen atoms in total. The van der Waals surface area contributed by atoms with Crippen LogP contribution in [0.15, 0.2) is 24.3 Å². The fraction of sp³-hybridized carbons (Fsp3) is 0.600. The number of nitrogens with zero attached hydrogens (tertiary/aromatic N) is 1. The zero-order chi connectivity index (χ0) is 15.5. The van der Waals surface area contributed by atoms with Crippen molar-refractivity contribution in [1.82, 2.24) is 4.90 Å². The normalized spacial score (nSPS) is 11.1. The molecule has 0 radical (unpaired) electrons. The van der Waals surface area contributed by atoms with Crippen LogP contribution in [0.2, 0.25) is 0 Å². The molecule has 0 saturated heterocycles. The molecule has 120 valence electrons. The number of rotatable bonds is 11. The van der Waals surface area contributed by atoms with E-state index in [1.54, 1.807) is 12.1 Å². The first-order chi connectivity index (χ1) is 10.2. The molecule has 0 aliphatic heterocycles. The monoisotopic (exact) mass is 303 g/mol. The molecule has 0 aromatic heterocycles. The quantitative estimate of drug-likeness (QED) is 0.682. The molecule has 0 aliphatic carbocycles. The van der Waals surface area contributed by atoms with Crippen LogP contribution in [0.5, 0.6) is 11.5 Å². The van der Waals surface area contributed by atoms with Crippen molar-refractivity contribution in [3.63, 3.8) is 0 Å². The van der Waals surface area contributed by atoms with Gasteiger partial charge in [0.05, 0.1) is 19.8 Å². The average Bonchev–Trinajstić information content (AvgIpc) is 2.46. The molecule has 6 heteroatoms. The van der Waals surface area contributed by atoms with Gasteiger partial charge in [-0.25, -0.2) is 8.78 Å². The van der Waals surface area contributed by atoms with Crippen LogP contribution in [0.4, 0.5) is 8.78 Å². The fourth-order valence-corrected chi connectivity index (χ4v) is 1.78. The van der Waals surface area contributed by atoms with Crippen LogP contribution in [-0.2, 0) is 0 Å². The summed E-state index contributed by atoms with van der Waals surface area (Å²) >= 11 is 0. The molecule has 1 rings (SSSR count). The van der Waals surface area contributed by atoms with E-state index in [2.05, 4.69) is 0 Å². The van der Waals surface area contributed by atoms with Gasteiger partial charge in [-0.1, -0.05) is 6.92 Å². The van der Waals surface area contributed by atoms with Crippen molar-refractivity contribution < 1.29 is 23.4 Å². The van der Waals surface area contributed by atoms with Crippen LogP contribution in [0, 0.1) is 0 Å². The minimum atomic E-state index is -2.41. The number of hydrogen-bond acceptors (Lipinski definition) is 4. The minimum absolute atomic E-state index is 0.143. The van der Waals surface area contributed by atoms with Gasteiger partial charge in [0.15, 0.2) is 0 Å². The van der Waals surface area contributed by atoms with E-state index in [0.717, 1.165) is 12.2 Å². The Morgan fingerprint density at radius 3 is 2.10 bits per heavy atom. The summed E-state index contributed by atoms with van der Waals surface area (Å²) in [6.45, 7) is 3.07. The van der Waals surface area contributed by atoms with E-state index in [4.69, 9.17) is 14.6 Å². The molecule has 1 N–H and O–H groups in total. The second kappa shape index (κ2) is 10.3. The highest BCUT2D eigenvalue weighted by Crippen LogP contribution is 2.17. The number of aliphatic hydroxyl groups excluding tert-OH is 1. The van der Waals surface area contributed by atoms with Crippen molar-refractivity contribution >= 4 is 0 Å². The van der Waals surface area contributed by atoms with Crippen LogP contribution < -0.4 is 9.47 Å². The van der Waals surface area contributed by atoms with Gasteiger partial charge in [0.1, 0.15) is 18.1 Å². The molecular weight excluding hydrogens is 280 g/mol. The van der Waals surface area contributed by atoms with Crippen molar-refractivity contribution in [2.45, 2.75) is 19.8 Å². The Balaban J connectivity index is 2.33. The maximum Gasteiger partial charge on any atom is 0.251 e. The van der Waals surface area contributed by atoms with Gasteiger partial charge in [-0.2, -0.15) is 0 Å². The largest absolute Gasteiger partial charge is 0.494 e. The van der Waals surface area contributed by atoms with Crippen molar-refractivity contribution in [2.24, 2.45) is 0 Å². The summed E-state index contributed by atoms with van der Waals surface area (Å²) in [6, 6.07) is 7.20. The minimum Gasteiger partial charge on any atom is -0.494 e. The standard InChI is InChI=1S/C15H23F2NO3/c1-2-10-20-13-3-5-14(6-4-13)21-11-8-18(7-9-19)12-15(16)17/h3-6,15,19H,2,7-12H2,1H3. The van der Waals surface area contributed by atoms with E-state index in [9.17, 15) is 8.78 Å². The second-order valence-corrected chi connectivity index (χ2v) is 4.58. The second-order valence-electron chi connectivity index (χ2n) is 4.58. The number of ether oxygens (including phenoxy) is 2. The third kappa shape index (κ3) is 7.82. The van der Waals surface area contributed by atoms with Crippen molar-refractivity contribution in [3.05, 3.63) is 24.3 Å². The molecule has 0 spiro atoms. The SMILES string of the molecule is CCCOc1ccc(OCCN(CCO)CC(F)F)cc1. The third-order valence-corrected chi connectivity index (χ3v) is 2.79. The number of halogens is 2. The first kappa shape index (κ1) is 17.7. The molecule has 0 fully saturated rings. The summed E-state index contributed by atoms with van der Waals surface area (Å²) in [5.41, 5.74) is 0. The molecule has 0 heterocycles. The lowest BCUT2D eigenvalue weighted by Crippen LogP contribution is -2.35. The van der Waals surface area contributed by atoms with E-state index in [-0.39, 0.29) is 19.7 Å². The summed E-state index contributed by atoms with van der Waals surface area (Å²) in [5.74, 6) is 1.45. The summed E-state index contributed by atoms with van der Waals surface area (Å²) in [6.07, 6.45) is -1.46. The zero-order valence-corrected chi connectivity index (χ0v) is 12.3. The maximum absolute atomic E-state index is 12.3.